The molecule has 0 aliphatic heterocycles. The van der Waals surface area contributed by atoms with Crippen LogP contribution in [0.3, 0.4) is 0 Å². The van der Waals surface area contributed by atoms with Crippen LogP contribution < -0.4 is 0 Å². The number of carboxylic acid groups (broad SMARTS) is 1. The molecule has 0 radical (unpaired) electrons. The lowest BCUT2D eigenvalue weighted by Gasteiger charge is -2.03. The highest BCUT2D eigenvalue weighted by atomic mass is 35.5. The number of hydrogen-bond donors (Lipinski definition) is 1. The summed E-state index contributed by atoms with van der Waals surface area (Å²) in [4.78, 5) is 14.7. The third kappa shape index (κ3) is 4.02. The van der Waals surface area contributed by atoms with E-state index in [0.717, 1.165) is 12.2 Å². The van der Waals surface area contributed by atoms with Gasteiger partial charge < -0.3 is 5.11 Å². The van der Waals surface area contributed by atoms with E-state index >= 15 is 0 Å². The van der Waals surface area contributed by atoms with Crippen LogP contribution in [0.25, 0.3) is 0 Å². The van der Waals surface area contributed by atoms with Crippen molar-refractivity contribution in [2.45, 2.75) is 31.2 Å². The molecule has 0 spiro atoms. The zero-order valence-corrected chi connectivity index (χ0v) is 10.6. The zero-order chi connectivity index (χ0) is 12.0. The third-order valence-corrected chi connectivity index (χ3v) is 3.53. The minimum Gasteiger partial charge on any atom is -0.478 e. The van der Waals surface area contributed by atoms with Crippen molar-refractivity contribution in [1.82, 2.24) is 4.98 Å². The average Bonchev–Trinajstić information content (AvgIpc) is 2.26. The Kier molecular flexibility index (Phi) is 5.63. The van der Waals surface area contributed by atoms with Gasteiger partial charge in [-0.25, -0.2) is 9.78 Å². The van der Waals surface area contributed by atoms with Gasteiger partial charge in [0.2, 0.25) is 0 Å². The maximum Gasteiger partial charge on any atom is 0.337 e. The van der Waals surface area contributed by atoms with Crippen LogP contribution in [-0.2, 0) is 0 Å². The molecule has 0 aliphatic rings. The number of unbranched alkanes of at least 4 members (excludes halogenated alkanes) is 2. The minimum absolute atomic E-state index is 0.128. The first-order valence-electron chi connectivity index (χ1n) is 5.16. The van der Waals surface area contributed by atoms with Crippen LogP contribution in [0.1, 0.15) is 36.5 Å². The van der Waals surface area contributed by atoms with E-state index < -0.39 is 5.97 Å². The van der Waals surface area contributed by atoms with Crippen molar-refractivity contribution < 1.29 is 9.90 Å². The molecule has 1 rings (SSSR count). The smallest absolute Gasteiger partial charge is 0.337 e. The molecule has 0 bridgehead atoms. The number of nitrogens with zero attached hydrogens (tertiary/aromatic N) is 1. The van der Waals surface area contributed by atoms with E-state index in [2.05, 4.69) is 11.9 Å². The SMILES string of the molecule is CCCCCSc1ncc(C(=O)O)cc1Cl. The van der Waals surface area contributed by atoms with Gasteiger partial charge in [0.25, 0.3) is 0 Å². The van der Waals surface area contributed by atoms with E-state index in [1.165, 1.54) is 25.1 Å². The molecule has 3 nitrogen and oxygen atoms in total. The number of aromatic nitrogens is 1. The Balaban J connectivity index is 2.57. The molecule has 5 heteroatoms. The predicted molar refractivity (Wildman–Crippen MR) is 66.5 cm³/mol. The molecule has 0 amide bonds. The summed E-state index contributed by atoms with van der Waals surface area (Å²) in [7, 11) is 0. The van der Waals surface area contributed by atoms with Crippen LogP contribution in [-0.4, -0.2) is 21.8 Å². The van der Waals surface area contributed by atoms with E-state index in [1.54, 1.807) is 11.8 Å². The van der Waals surface area contributed by atoms with E-state index in [1.807, 2.05) is 0 Å². The van der Waals surface area contributed by atoms with Gasteiger partial charge in [-0.2, -0.15) is 0 Å². The maximum absolute atomic E-state index is 10.7. The quantitative estimate of drug-likeness (QED) is 0.625. The molecule has 0 aromatic carbocycles. The second-order valence-corrected chi connectivity index (χ2v) is 4.86. The summed E-state index contributed by atoms with van der Waals surface area (Å²) in [6.45, 7) is 2.15. The molecule has 0 aliphatic carbocycles. The highest BCUT2D eigenvalue weighted by Gasteiger charge is 2.08. The fourth-order valence-corrected chi connectivity index (χ4v) is 2.37. The lowest BCUT2D eigenvalue weighted by atomic mass is 10.3. The number of rotatable bonds is 6. The Bertz CT molecular complexity index is 371. The Morgan fingerprint density at radius 1 is 1.56 bits per heavy atom. The first kappa shape index (κ1) is 13.3. The summed E-state index contributed by atoms with van der Waals surface area (Å²) < 4.78 is 0. The Hall–Kier alpha value is -0.740. The first-order valence-corrected chi connectivity index (χ1v) is 6.53. The molecule has 1 aromatic heterocycles. The summed E-state index contributed by atoms with van der Waals surface area (Å²) in [5.41, 5.74) is 0.128. The molecule has 1 aromatic rings. The van der Waals surface area contributed by atoms with Crippen LogP contribution in [0, 0.1) is 0 Å². The Morgan fingerprint density at radius 2 is 2.31 bits per heavy atom. The van der Waals surface area contributed by atoms with E-state index in [9.17, 15) is 4.79 Å². The topological polar surface area (TPSA) is 50.2 Å². The molecule has 0 fully saturated rings. The summed E-state index contributed by atoms with van der Waals surface area (Å²) in [5, 5.41) is 9.87. The van der Waals surface area contributed by atoms with Crippen molar-refractivity contribution in [3.05, 3.63) is 22.8 Å². The van der Waals surface area contributed by atoms with E-state index in [4.69, 9.17) is 16.7 Å². The van der Waals surface area contributed by atoms with Crippen molar-refractivity contribution in [2.75, 3.05) is 5.75 Å². The number of carboxylic acids is 1. The van der Waals surface area contributed by atoms with Gasteiger partial charge in [-0.05, 0) is 18.2 Å². The summed E-state index contributed by atoms with van der Waals surface area (Å²) in [6.07, 6.45) is 4.84. The molecular weight excluding hydrogens is 246 g/mol. The number of halogens is 1. The number of pyridine rings is 1. The minimum atomic E-state index is -1.00. The van der Waals surface area contributed by atoms with Crippen LogP contribution >= 0.6 is 23.4 Å². The molecule has 0 saturated heterocycles. The largest absolute Gasteiger partial charge is 0.478 e. The van der Waals surface area contributed by atoms with Crippen molar-refractivity contribution in [2.24, 2.45) is 0 Å². The molecule has 1 heterocycles. The van der Waals surface area contributed by atoms with Crippen molar-refractivity contribution in [1.29, 1.82) is 0 Å². The maximum atomic E-state index is 10.7. The molecule has 88 valence electrons. The Labute approximate surface area is 104 Å². The summed E-state index contributed by atoms with van der Waals surface area (Å²) in [5.74, 6) is -0.0376. The van der Waals surface area contributed by atoms with Crippen LogP contribution in [0.2, 0.25) is 5.02 Å². The fraction of sp³-hybridized carbons (Fsp3) is 0.455. The van der Waals surface area contributed by atoms with Gasteiger partial charge in [-0.1, -0.05) is 31.4 Å². The molecular formula is C11H14ClNO2S. The summed E-state index contributed by atoms with van der Waals surface area (Å²) >= 11 is 7.51. The van der Waals surface area contributed by atoms with Gasteiger partial charge in [0.15, 0.2) is 0 Å². The third-order valence-electron chi connectivity index (χ3n) is 2.04. The van der Waals surface area contributed by atoms with Gasteiger partial charge in [-0.3, -0.25) is 0 Å². The Morgan fingerprint density at radius 3 is 2.88 bits per heavy atom. The molecule has 0 unspecified atom stereocenters. The normalized spacial score (nSPS) is 10.4. The van der Waals surface area contributed by atoms with E-state index in [-0.39, 0.29) is 5.56 Å². The fourth-order valence-electron chi connectivity index (χ4n) is 1.17. The molecule has 0 atom stereocenters. The highest BCUT2D eigenvalue weighted by Crippen LogP contribution is 2.26. The number of thioether (sulfide) groups is 1. The average molecular weight is 260 g/mol. The lowest BCUT2D eigenvalue weighted by molar-refractivity contribution is 0.0696. The van der Waals surface area contributed by atoms with Crippen LogP contribution in [0.15, 0.2) is 17.3 Å². The first-order chi connectivity index (χ1) is 7.65. The van der Waals surface area contributed by atoms with Crippen LogP contribution in [0.5, 0.6) is 0 Å². The van der Waals surface area contributed by atoms with Crippen LogP contribution in [0.4, 0.5) is 0 Å². The molecule has 0 saturated carbocycles. The number of hydrogen-bond acceptors (Lipinski definition) is 3. The number of aromatic carboxylic acids is 1. The standard InChI is InChI=1S/C11H14ClNO2S/c1-2-3-4-5-16-10-9(12)6-8(7-13-10)11(14)15/h6-7H,2-5H2,1H3,(H,14,15). The second-order valence-electron chi connectivity index (χ2n) is 3.37. The zero-order valence-electron chi connectivity index (χ0n) is 9.07. The number of carbonyl (C=O) groups is 1. The second kappa shape index (κ2) is 6.76. The lowest BCUT2D eigenvalue weighted by Crippen LogP contribution is -1.98. The van der Waals surface area contributed by atoms with Gasteiger partial charge >= 0.3 is 5.97 Å². The van der Waals surface area contributed by atoms with Gasteiger partial charge in [-0.15, -0.1) is 11.8 Å². The summed E-state index contributed by atoms with van der Waals surface area (Å²) in [6, 6.07) is 1.44. The van der Waals surface area contributed by atoms with Gasteiger partial charge in [0.05, 0.1) is 10.6 Å². The van der Waals surface area contributed by atoms with Gasteiger partial charge in [0.1, 0.15) is 5.03 Å². The van der Waals surface area contributed by atoms with Crippen molar-refractivity contribution in [3.8, 4) is 0 Å². The van der Waals surface area contributed by atoms with Crippen molar-refractivity contribution >= 4 is 29.3 Å². The highest BCUT2D eigenvalue weighted by molar-refractivity contribution is 7.99. The predicted octanol–water partition coefficient (Wildman–Crippen LogP) is 3.72. The van der Waals surface area contributed by atoms with Gasteiger partial charge in [0, 0.05) is 6.20 Å². The monoisotopic (exact) mass is 259 g/mol. The van der Waals surface area contributed by atoms with E-state index in [0.29, 0.717) is 10.0 Å². The molecule has 16 heavy (non-hydrogen) atoms. The van der Waals surface area contributed by atoms with Crippen molar-refractivity contribution in [3.63, 3.8) is 0 Å². The molecule has 1 N–H and O–H groups in total.